The van der Waals surface area contributed by atoms with Gasteiger partial charge in [0.25, 0.3) is 0 Å². The third kappa shape index (κ3) is 3.54. The molecule has 3 aromatic rings. The molecular weight excluding hydrogens is 364 g/mol. The Morgan fingerprint density at radius 2 is 1.86 bits per heavy atom. The summed E-state index contributed by atoms with van der Waals surface area (Å²) in [4.78, 5) is 9.40. The normalized spacial score (nSPS) is 20.6. The molecule has 1 fully saturated rings. The van der Waals surface area contributed by atoms with E-state index in [0.29, 0.717) is 5.92 Å². The predicted molar refractivity (Wildman–Crippen MR) is 111 cm³/mol. The second kappa shape index (κ2) is 7.28. The van der Waals surface area contributed by atoms with E-state index in [9.17, 15) is 0 Å². The number of aryl methyl sites for hydroxylation is 1. The Kier molecular flexibility index (Phi) is 4.60. The van der Waals surface area contributed by atoms with E-state index in [-0.39, 0.29) is 6.04 Å². The molecule has 0 aliphatic carbocycles. The van der Waals surface area contributed by atoms with Gasteiger partial charge in [-0.2, -0.15) is 0 Å². The van der Waals surface area contributed by atoms with Gasteiger partial charge in [-0.15, -0.1) is 0 Å². The van der Waals surface area contributed by atoms with Crippen molar-refractivity contribution >= 4 is 5.82 Å². The zero-order valence-electron chi connectivity index (χ0n) is 16.8. The molecule has 2 aliphatic rings. The summed E-state index contributed by atoms with van der Waals surface area (Å²) in [6, 6.07) is 14.5. The second-order valence-corrected chi connectivity index (χ2v) is 8.24. The molecule has 4 heterocycles. The molecule has 1 N–H and O–H groups in total. The van der Waals surface area contributed by atoms with Crippen molar-refractivity contribution in [2.45, 2.75) is 38.6 Å². The molecule has 5 rings (SSSR count). The molecule has 6 nitrogen and oxygen atoms in total. The van der Waals surface area contributed by atoms with Crippen LogP contribution in [0.3, 0.4) is 0 Å². The molecule has 0 saturated carbocycles. The minimum Gasteiger partial charge on any atom is -0.357 e. The Hall–Kier alpha value is -2.70. The lowest BCUT2D eigenvalue weighted by Gasteiger charge is -2.35. The fourth-order valence-electron chi connectivity index (χ4n) is 4.09. The van der Waals surface area contributed by atoms with Crippen LogP contribution < -0.4 is 5.32 Å². The molecule has 2 aliphatic heterocycles. The van der Waals surface area contributed by atoms with Gasteiger partial charge in [-0.1, -0.05) is 30.3 Å². The van der Waals surface area contributed by atoms with Crippen molar-refractivity contribution in [3.8, 4) is 11.3 Å². The summed E-state index contributed by atoms with van der Waals surface area (Å²) in [5, 5.41) is 3.57. The highest BCUT2D eigenvalue weighted by Gasteiger charge is 2.31. The van der Waals surface area contributed by atoms with Crippen LogP contribution >= 0.6 is 0 Å². The molecule has 1 saturated heterocycles. The largest absolute Gasteiger partial charge is 0.357 e. The average molecular weight is 390 g/mol. The molecule has 29 heavy (non-hydrogen) atoms. The van der Waals surface area contributed by atoms with Crippen molar-refractivity contribution in [2.75, 3.05) is 18.5 Å². The van der Waals surface area contributed by atoms with Gasteiger partial charge >= 0.3 is 0 Å². The number of ether oxygens (including phenoxy) is 2. The van der Waals surface area contributed by atoms with Gasteiger partial charge in [-0.3, -0.25) is 0 Å². The van der Waals surface area contributed by atoms with Crippen molar-refractivity contribution < 1.29 is 9.47 Å². The van der Waals surface area contributed by atoms with Crippen molar-refractivity contribution in [3.05, 3.63) is 66.2 Å². The van der Waals surface area contributed by atoms with Gasteiger partial charge in [0.1, 0.15) is 5.82 Å². The average Bonchev–Trinajstić information content (AvgIpc) is 3.17. The van der Waals surface area contributed by atoms with E-state index in [0.717, 1.165) is 48.9 Å². The van der Waals surface area contributed by atoms with E-state index >= 15 is 0 Å². The number of nitrogens with zero attached hydrogens (tertiary/aromatic N) is 3. The molecule has 0 spiro atoms. The number of pyridine rings is 1. The number of hydrogen-bond acceptors (Lipinski definition) is 5. The molecule has 2 aromatic heterocycles. The Morgan fingerprint density at radius 1 is 1.07 bits per heavy atom. The van der Waals surface area contributed by atoms with Gasteiger partial charge in [0, 0.05) is 24.2 Å². The van der Waals surface area contributed by atoms with Crippen LogP contribution in [0.5, 0.6) is 0 Å². The summed E-state index contributed by atoms with van der Waals surface area (Å²) in [5.41, 5.74) is 4.49. The maximum absolute atomic E-state index is 5.82. The molecule has 150 valence electrons. The van der Waals surface area contributed by atoms with Crippen LogP contribution in [0.25, 0.3) is 11.3 Å². The molecule has 0 radical (unpaired) electrons. The Bertz CT molecular complexity index is 989. The molecular formula is C23H26N4O2. The van der Waals surface area contributed by atoms with Crippen LogP contribution in [0.15, 0.2) is 55.0 Å². The number of benzene rings is 1. The van der Waals surface area contributed by atoms with Crippen LogP contribution in [0.1, 0.15) is 37.6 Å². The van der Waals surface area contributed by atoms with Crippen molar-refractivity contribution in [1.29, 1.82) is 0 Å². The van der Waals surface area contributed by atoms with Crippen LogP contribution in [0.2, 0.25) is 0 Å². The first-order chi connectivity index (χ1) is 14.1. The minimum atomic E-state index is -0.468. The van der Waals surface area contributed by atoms with Gasteiger partial charge in [0.05, 0.1) is 37.0 Å². The highest BCUT2D eigenvalue weighted by molar-refractivity contribution is 5.79. The standard InChI is InChI=1S/C23H26N4O2/c1-23(2)28-13-16(14-29-23)10-12-27-15-25-20-19(17-7-4-3-5-8-17)26-22-18(21(20)27)9-6-11-24-22/h3-9,11,15-16,19H,10,12-14H2,1-2H3,(H,24,26). The molecule has 6 heteroatoms. The summed E-state index contributed by atoms with van der Waals surface area (Å²) in [5.74, 6) is 0.826. The number of imidazole rings is 1. The zero-order valence-corrected chi connectivity index (χ0v) is 16.8. The van der Waals surface area contributed by atoms with E-state index in [1.807, 2.05) is 38.5 Å². The van der Waals surface area contributed by atoms with Crippen LogP contribution in [0, 0.1) is 5.92 Å². The van der Waals surface area contributed by atoms with E-state index in [1.165, 1.54) is 5.56 Å². The van der Waals surface area contributed by atoms with Gasteiger partial charge in [0.15, 0.2) is 5.79 Å². The number of anilines is 1. The van der Waals surface area contributed by atoms with Crippen molar-refractivity contribution in [1.82, 2.24) is 14.5 Å². The molecule has 1 unspecified atom stereocenters. The highest BCUT2D eigenvalue weighted by Crippen LogP contribution is 2.41. The highest BCUT2D eigenvalue weighted by atomic mass is 16.7. The summed E-state index contributed by atoms with van der Waals surface area (Å²) < 4.78 is 13.9. The van der Waals surface area contributed by atoms with Gasteiger partial charge in [-0.25, -0.2) is 9.97 Å². The topological polar surface area (TPSA) is 61.2 Å². The first kappa shape index (κ1) is 18.3. The van der Waals surface area contributed by atoms with Crippen molar-refractivity contribution in [2.24, 2.45) is 5.92 Å². The number of rotatable bonds is 4. The van der Waals surface area contributed by atoms with E-state index in [4.69, 9.17) is 14.5 Å². The molecule has 0 amide bonds. The van der Waals surface area contributed by atoms with Gasteiger partial charge < -0.3 is 19.4 Å². The lowest BCUT2D eigenvalue weighted by atomic mass is 9.95. The van der Waals surface area contributed by atoms with Crippen LogP contribution in [0.4, 0.5) is 5.82 Å². The number of aromatic nitrogens is 3. The van der Waals surface area contributed by atoms with E-state index < -0.39 is 5.79 Å². The molecule has 1 aromatic carbocycles. The Labute approximate surface area is 170 Å². The minimum absolute atomic E-state index is 0.00278. The third-order valence-corrected chi connectivity index (χ3v) is 5.73. The summed E-state index contributed by atoms with van der Waals surface area (Å²) in [7, 11) is 0. The summed E-state index contributed by atoms with van der Waals surface area (Å²) in [6.07, 6.45) is 4.77. The van der Waals surface area contributed by atoms with E-state index in [1.54, 1.807) is 0 Å². The number of fused-ring (bicyclic) bond motifs is 3. The zero-order chi connectivity index (χ0) is 19.8. The smallest absolute Gasteiger partial charge is 0.162 e. The monoisotopic (exact) mass is 390 g/mol. The first-order valence-electron chi connectivity index (χ1n) is 10.2. The van der Waals surface area contributed by atoms with Gasteiger partial charge in [0.2, 0.25) is 0 Å². The first-order valence-corrected chi connectivity index (χ1v) is 10.2. The fourth-order valence-corrected chi connectivity index (χ4v) is 4.09. The van der Waals surface area contributed by atoms with Gasteiger partial charge in [-0.05, 0) is 38.0 Å². The SMILES string of the molecule is CC1(C)OCC(CCn2cnc3c2-c2cccnc2NC3c2ccccc2)CO1. The number of nitrogens with one attached hydrogen (secondary N) is 1. The second-order valence-electron chi connectivity index (χ2n) is 8.24. The maximum atomic E-state index is 5.82. The quantitative estimate of drug-likeness (QED) is 0.722. The predicted octanol–water partition coefficient (Wildman–Crippen LogP) is 4.25. The number of hydrogen-bond donors (Lipinski definition) is 1. The Morgan fingerprint density at radius 3 is 2.66 bits per heavy atom. The van der Waals surface area contributed by atoms with Crippen LogP contribution in [-0.4, -0.2) is 33.5 Å². The lowest BCUT2D eigenvalue weighted by Crippen LogP contribution is -2.39. The third-order valence-electron chi connectivity index (χ3n) is 5.73. The summed E-state index contributed by atoms with van der Waals surface area (Å²) in [6.45, 7) is 6.27. The Balaban J connectivity index is 1.43. The fraction of sp³-hybridized carbons (Fsp3) is 0.391. The van der Waals surface area contributed by atoms with Crippen molar-refractivity contribution in [3.63, 3.8) is 0 Å². The summed E-state index contributed by atoms with van der Waals surface area (Å²) >= 11 is 0. The van der Waals surface area contributed by atoms with Crippen LogP contribution in [-0.2, 0) is 16.0 Å². The molecule has 1 atom stereocenters. The maximum Gasteiger partial charge on any atom is 0.162 e. The lowest BCUT2D eigenvalue weighted by molar-refractivity contribution is -0.262. The molecule has 0 bridgehead atoms. The van der Waals surface area contributed by atoms with E-state index in [2.05, 4.69) is 45.2 Å².